The van der Waals surface area contributed by atoms with Crippen LogP contribution < -0.4 is 11.1 Å². The molecule has 13 nitrogen and oxygen atoms in total. The Morgan fingerprint density at radius 3 is 1.87 bits per heavy atom. The Balaban J connectivity index is 4.24. The maximum absolute atomic E-state index is 12.4. The fraction of sp³-hybridized carbons (Fsp3) is 0.900. The van der Waals surface area contributed by atoms with Gasteiger partial charge in [0.1, 0.15) is 12.7 Å². The average molecular weight is 687 g/mol. The van der Waals surface area contributed by atoms with Crippen LogP contribution in [-0.2, 0) is 42.6 Å². The molecule has 1 amide bonds. The van der Waals surface area contributed by atoms with Gasteiger partial charge in [-0.3, -0.25) is 18.9 Å². The van der Waals surface area contributed by atoms with Gasteiger partial charge in [0.05, 0.1) is 51.8 Å². The molecule has 0 heterocycles. The maximum atomic E-state index is 12.4. The summed E-state index contributed by atoms with van der Waals surface area (Å²) in [5, 5.41) is 2.72. The van der Waals surface area contributed by atoms with Gasteiger partial charge in [-0.1, -0.05) is 65.2 Å². The van der Waals surface area contributed by atoms with Gasteiger partial charge >= 0.3 is 19.5 Å². The summed E-state index contributed by atoms with van der Waals surface area (Å²) in [6.07, 6.45) is 9.97. The first-order valence-corrected chi connectivity index (χ1v) is 19.3. The van der Waals surface area contributed by atoms with E-state index >= 15 is 0 Å². The number of thioether (sulfide) groups is 1. The number of esters is 2. The number of rotatable bonds is 32. The molecule has 0 saturated heterocycles. The summed E-state index contributed by atoms with van der Waals surface area (Å²) in [6, 6.07) is -0.774. The van der Waals surface area contributed by atoms with Gasteiger partial charge in [0.2, 0.25) is 5.91 Å². The first-order valence-electron chi connectivity index (χ1n) is 16.3. The van der Waals surface area contributed by atoms with Crippen molar-refractivity contribution in [3.05, 3.63) is 0 Å². The van der Waals surface area contributed by atoms with Crippen molar-refractivity contribution in [3.8, 4) is 0 Å². The van der Waals surface area contributed by atoms with Gasteiger partial charge in [-0.25, -0.2) is 0 Å². The molecule has 266 valence electrons. The van der Waals surface area contributed by atoms with E-state index in [2.05, 4.69) is 19.2 Å². The molecule has 0 aliphatic heterocycles. The van der Waals surface area contributed by atoms with Gasteiger partial charge in [-0.2, -0.15) is 11.8 Å². The van der Waals surface area contributed by atoms with E-state index in [0.29, 0.717) is 37.6 Å². The second kappa shape index (κ2) is 30.1. The van der Waals surface area contributed by atoms with Crippen LogP contribution in [0.25, 0.3) is 0 Å². The zero-order valence-corrected chi connectivity index (χ0v) is 29.1. The zero-order valence-electron chi connectivity index (χ0n) is 27.4. The van der Waals surface area contributed by atoms with Crippen molar-refractivity contribution in [2.24, 2.45) is 5.73 Å². The van der Waals surface area contributed by atoms with Crippen LogP contribution in [0.3, 0.4) is 0 Å². The summed E-state index contributed by atoms with van der Waals surface area (Å²) in [5.74, 6) is -0.291. The van der Waals surface area contributed by atoms with E-state index in [1.807, 2.05) is 0 Å². The molecule has 0 unspecified atom stereocenters. The van der Waals surface area contributed by atoms with Gasteiger partial charge in [0, 0.05) is 30.9 Å². The van der Waals surface area contributed by atoms with E-state index in [1.54, 1.807) is 0 Å². The lowest BCUT2D eigenvalue weighted by Gasteiger charge is -2.19. The minimum Gasteiger partial charge on any atom is -0.462 e. The minimum absolute atomic E-state index is 0.0194. The molecule has 0 bridgehead atoms. The van der Waals surface area contributed by atoms with Gasteiger partial charge in [0.15, 0.2) is 0 Å². The SMILES string of the molecule is CCCCCCCC(=O)OC[C@H](CSC[C@H](N)C(=O)NCCOCCOCCOCCP(=O)(O)O)OC(=O)CCCCCCC. The standard InChI is InChI=1S/C30H59N2O11PS/c1-3-5-7-9-11-13-28(33)42-23-26(43-29(34)14-12-10-8-6-4-2)24-45-25-27(31)30(35)32-15-16-39-17-18-40-19-20-41-21-22-44(36,37)38/h26-27H,3-25,31H2,1-2H3,(H,32,35)(H2,36,37,38)/t26-,27+/m1/s1. The molecule has 0 aliphatic carbocycles. The van der Waals surface area contributed by atoms with E-state index < -0.39 is 19.7 Å². The van der Waals surface area contributed by atoms with E-state index in [-0.39, 0.29) is 63.6 Å². The largest absolute Gasteiger partial charge is 0.462 e. The minimum atomic E-state index is -4.04. The number of carbonyl (C=O) groups excluding carboxylic acids is 3. The van der Waals surface area contributed by atoms with Crippen molar-refractivity contribution in [1.29, 1.82) is 0 Å². The smallest absolute Gasteiger partial charge is 0.327 e. The van der Waals surface area contributed by atoms with Gasteiger partial charge in [0.25, 0.3) is 0 Å². The number of unbranched alkanes of at least 4 members (excludes halogenated alkanes) is 8. The first kappa shape index (κ1) is 43.8. The summed E-state index contributed by atoms with van der Waals surface area (Å²) < 4.78 is 37.5. The number of amides is 1. The number of nitrogens with two attached hydrogens (primary N) is 1. The molecule has 0 aromatic carbocycles. The quantitative estimate of drug-likeness (QED) is 0.0456. The van der Waals surface area contributed by atoms with Crippen molar-refractivity contribution in [2.75, 3.05) is 70.5 Å². The van der Waals surface area contributed by atoms with E-state index in [1.165, 1.54) is 11.8 Å². The summed E-state index contributed by atoms with van der Waals surface area (Å²) in [4.78, 5) is 54.4. The van der Waals surface area contributed by atoms with Gasteiger partial charge in [-0.05, 0) is 12.8 Å². The topological polar surface area (TPSA) is 193 Å². The molecule has 0 fully saturated rings. The van der Waals surface area contributed by atoms with Gasteiger partial charge in [-0.15, -0.1) is 0 Å². The molecule has 0 rings (SSSR count). The molecule has 45 heavy (non-hydrogen) atoms. The summed E-state index contributed by atoms with van der Waals surface area (Å²) >= 11 is 1.36. The number of hydrogen-bond donors (Lipinski definition) is 4. The summed E-state index contributed by atoms with van der Waals surface area (Å²) in [5.41, 5.74) is 6.03. The Labute approximate surface area is 273 Å². The van der Waals surface area contributed by atoms with Crippen LogP contribution in [0, 0.1) is 0 Å². The molecule has 2 atom stereocenters. The lowest BCUT2D eigenvalue weighted by molar-refractivity contribution is -0.157. The highest BCUT2D eigenvalue weighted by Gasteiger charge is 2.20. The van der Waals surface area contributed by atoms with Crippen LogP contribution in [0.4, 0.5) is 0 Å². The third-order valence-electron chi connectivity index (χ3n) is 6.45. The summed E-state index contributed by atoms with van der Waals surface area (Å²) in [6.45, 7) is 5.88. The van der Waals surface area contributed by atoms with Crippen LogP contribution >= 0.6 is 19.4 Å². The molecule has 15 heteroatoms. The average Bonchev–Trinajstić information content (AvgIpc) is 2.99. The van der Waals surface area contributed by atoms with Crippen LogP contribution in [0.15, 0.2) is 0 Å². The number of nitrogens with one attached hydrogen (secondary N) is 1. The summed E-state index contributed by atoms with van der Waals surface area (Å²) in [7, 11) is -4.04. The van der Waals surface area contributed by atoms with E-state index in [4.69, 9.17) is 39.2 Å². The molecule has 5 N–H and O–H groups in total. The third kappa shape index (κ3) is 31.1. The van der Waals surface area contributed by atoms with E-state index in [9.17, 15) is 18.9 Å². The molecule has 0 spiro atoms. The van der Waals surface area contributed by atoms with Gasteiger partial charge < -0.3 is 44.5 Å². The fourth-order valence-corrected chi connectivity index (χ4v) is 5.21. The number of carbonyl (C=O) groups is 3. The van der Waals surface area contributed by atoms with Crippen LogP contribution in [0.1, 0.15) is 90.9 Å². The molecule has 0 aromatic rings. The molecule has 0 aromatic heterocycles. The highest BCUT2D eigenvalue weighted by atomic mass is 32.2. The zero-order chi connectivity index (χ0) is 33.6. The Morgan fingerprint density at radius 1 is 0.756 bits per heavy atom. The highest BCUT2D eigenvalue weighted by molar-refractivity contribution is 7.99. The third-order valence-corrected chi connectivity index (χ3v) is 8.42. The Morgan fingerprint density at radius 2 is 1.29 bits per heavy atom. The first-order chi connectivity index (χ1) is 21.6. The monoisotopic (exact) mass is 686 g/mol. The van der Waals surface area contributed by atoms with E-state index in [0.717, 1.165) is 64.2 Å². The predicted octanol–water partition coefficient (Wildman–Crippen LogP) is 3.57. The number of ether oxygens (including phenoxy) is 5. The predicted molar refractivity (Wildman–Crippen MR) is 175 cm³/mol. The molecular weight excluding hydrogens is 627 g/mol. The fourth-order valence-electron chi connectivity index (χ4n) is 3.87. The Hall–Kier alpha value is -1.25. The molecule has 0 radical (unpaired) electrons. The second-order valence-electron chi connectivity index (χ2n) is 10.8. The van der Waals surface area contributed by atoms with Crippen molar-refractivity contribution in [2.45, 2.75) is 103 Å². The second-order valence-corrected chi connectivity index (χ2v) is 13.6. The molecule has 0 aliphatic rings. The van der Waals surface area contributed by atoms with Crippen molar-refractivity contribution >= 4 is 37.2 Å². The number of hydrogen-bond acceptors (Lipinski definition) is 11. The van der Waals surface area contributed by atoms with Crippen molar-refractivity contribution in [1.82, 2.24) is 5.32 Å². The molecular formula is C30H59N2O11PS. The van der Waals surface area contributed by atoms with Crippen LogP contribution in [0.2, 0.25) is 0 Å². The highest BCUT2D eigenvalue weighted by Crippen LogP contribution is 2.33. The maximum Gasteiger partial charge on any atom is 0.327 e. The van der Waals surface area contributed by atoms with Crippen molar-refractivity contribution in [3.63, 3.8) is 0 Å². The van der Waals surface area contributed by atoms with Crippen LogP contribution in [-0.4, -0.2) is 110 Å². The lowest BCUT2D eigenvalue weighted by Crippen LogP contribution is -2.43. The van der Waals surface area contributed by atoms with Crippen molar-refractivity contribution < 1.29 is 52.4 Å². The Bertz CT molecular complexity index is 804. The Kier molecular flexibility index (Phi) is 29.3. The normalized spacial score (nSPS) is 12.9. The molecule has 0 saturated carbocycles. The lowest BCUT2D eigenvalue weighted by atomic mass is 10.1. The van der Waals surface area contributed by atoms with Crippen LogP contribution in [0.5, 0.6) is 0 Å².